The average Bonchev–Trinajstić information content (AvgIpc) is 0.938. The Morgan fingerprint density at radius 3 is 0.241 bits per heavy atom. The standard InChI is InChI=1S/14ClH.12H2O.3Pt/h14*1H;12*1H2;;;/q;;;;;;;;;;;;;;;;;;;;;;;;;;+4;2*+5/p-14. The van der Waals surface area contributed by atoms with E-state index in [0.717, 1.165) is 0 Å². The summed E-state index contributed by atoms with van der Waals surface area (Å²) in [6, 6.07) is 0. The Morgan fingerprint density at radius 1 is 0.241 bits per heavy atom. The minimum Gasteiger partial charge on any atom is 4.00 e. The van der Waals surface area contributed by atoms with Crippen molar-refractivity contribution in [3.8, 4) is 0 Å². The summed E-state index contributed by atoms with van der Waals surface area (Å²) in [5, 5.41) is 0. The van der Waals surface area contributed by atoms with Crippen LogP contribution in [0.5, 0.6) is 0 Å². The van der Waals surface area contributed by atoms with Crippen LogP contribution in [-0.2, 0) is 35.7 Å². The minimum atomic E-state index is -5.29. The van der Waals surface area contributed by atoms with Crippen LogP contribution in [0.15, 0.2) is 0 Å². The van der Waals surface area contributed by atoms with Crippen LogP contribution in [-0.4, -0.2) is 65.7 Å². The van der Waals surface area contributed by atoms with Gasteiger partial charge in [-0.1, -0.05) is 0 Å². The number of hydrogen-bond donors (Lipinski definition) is 0. The number of halogens is 14. The van der Waals surface area contributed by atoms with Crippen LogP contribution in [0.2, 0.25) is 0 Å². The zero-order chi connectivity index (χ0) is 12.8. The first-order valence-corrected chi connectivity index (χ1v) is 35.2. The Kier molecular flexibility index (Phi) is 123. The van der Waals surface area contributed by atoms with E-state index in [2.05, 4.69) is 0 Å². The van der Waals surface area contributed by atoms with Crippen molar-refractivity contribution in [1.82, 2.24) is 0 Å². The van der Waals surface area contributed by atoms with Gasteiger partial charge in [0.2, 0.25) is 0 Å². The van der Waals surface area contributed by atoms with Crippen LogP contribution >= 0.6 is 113 Å². The molecule has 0 saturated carbocycles. The van der Waals surface area contributed by atoms with Crippen molar-refractivity contribution in [2.45, 2.75) is 0 Å². The van der Waals surface area contributed by atoms with Crippen molar-refractivity contribution < 1.29 is 126 Å². The Labute approximate surface area is 235 Å². The van der Waals surface area contributed by atoms with Crippen LogP contribution < -0.4 is 24.8 Å². The van der Waals surface area contributed by atoms with E-state index >= 15 is 0 Å². The van der Waals surface area contributed by atoms with Gasteiger partial charge in [-0.2, -0.15) is 0 Å². The third kappa shape index (κ3) is 1060. The molecule has 0 atom stereocenters. The van der Waals surface area contributed by atoms with E-state index in [9.17, 15) is 0 Å². The molecule has 0 aromatic rings. The molecule has 0 aromatic heterocycles. The van der Waals surface area contributed by atoms with Crippen LogP contribution in [0, 0.1) is 0 Å². The SMILES string of the molecule is O.O.O.O.O.O.O.O.O.O.O.O.[Cl-].[Cl-].[Cl][Pt-]([Cl])([Cl])([Cl])([Cl])[Cl].[Cl][Pt-]([Cl])([Cl])([Cl])([Cl])[Cl].[Pt+4]. The largest absolute Gasteiger partial charge is 4.00 e. The second-order valence-corrected chi connectivity index (χ2v) is 99.8. The maximum absolute atomic E-state index is 5.29. The van der Waals surface area contributed by atoms with Crippen molar-refractivity contribution >= 4 is 113 Å². The zero-order valence-corrected chi connectivity index (χ0v) is 29.6. The van der Waals surface area contributed by atoms with Crippen molar-refractivity contribution in [2.75, 3.05) is 0 Å². The molecule has 0 aromatic carbocycles. The molecule has 0 heterocycles. The summed E-state index contributed by atoms with van der Waals surface area (Å²) in [7, 11) is 50.0. The Hall–Kier alpha value is 5.64. The maximum atomic E-state index is 5.05. The van der Waals surface area contributed by atoms with E-state index < -0.39 is 14.6 Å². The van der Waals surface area contributed by atoms with Gasteiger partial charge in [-0.05, 0) is 0 Å². The molecule has 0 radical (unpaired) electrons. The van der Waals surface area contributed by atoms with Gasteiger partial charge in [-0.25, -0.2) is 0 Å². The van der Waals surface area contributed by atoms with Gasteiger partial charge in [0.25, 0.3) is 0 Å². The van der Waals surface area contributed by atoms with Crippen LogP contribution in [0.1, 0.15) is 0 Å². The van der Waals surface area contributed by atoms with Gasteiger partial charge in [0.15, 0.2) is 0 Å². The average molecular weight is 1300 g/mol. The second kappa shape index (κ2) is 28.2. The predicted octanol–water partition coefficient (Wildman–Crippen LogP) is -7.62. The van der Waals surface area contributed by atoms with Crippen molar-refractivity contribution in [3.05, 3.63) is 0 Å². The normalized spacial score (nSPS) is 11.2. The van der Waals surface area contributed by atoms with Gasteiger partial charge in [0.1, 0.15) is 0 Å². The van der Waals surface area contributed by atoms with E-state index in [1.54, 1.807) is 0 Å². The molecule has 0 spiro atoms. The first-order chi connectivity index (χ1) is 4.90. The third-order valence-corrected chi connectivity index (χ3v) is 0. The molecule has 0 rings (SSSR count). The zero-order valence-electron chi connectivity index (χ0n) is 12.2. The van der Waals surface area contributed by atoms with Gasteiger partial charge in [0.05, 0.1) is 0 Å². The summed E-state index contributed by atoms with van der Waals surface area (Å²) in [6.45, 7) is 0. The van der Waals surface area contributed by atoms with Crippen LogP contribution in [0.4, 0.5) is 0 Å². The quantitative estimate of drug-likeness (QED) is 0.218. The van der Waals surface area contributed by atoms with E-state index in [1.807, 2.05) is 0 Å². The van der Waals surface area contributed by atoms with Crippen molar-refractivity contribution in [3.63, 3.8) is 0 Å². The monoisotopic (exact) mass is 1290 g/mol. The molecular formula is H24Cl14O12Pt3. The van der Waals surface area contributed by atoms with Gasteiger partial charge in [0, 0.05) is 0 Å². The summed E-state index contributed by atoms with van der Waals surface area (Å²) in [4.78, 5) is 0. The summed E-state index contributed by atoms with van der Waals surface area (Å²) >= 11 is 0. The summed E-state index contributed by atoms with van der Waals surface area (Å²) < 4.78 is 0. The topological polar surface area (TPSA) is 378 Å². The van der Waals surface area contributed by atoms with Crippen LogP contribution in [0.3, 0.4) is 0 Å². The minimum absolute atomic E-state index is 0. The fourth-order valence-corrected chi connectivity index (χ4v) is 0. The van der Waals surface area contributed by atoms with Crippen LogP contribution in [0.25, 0.3) is 0 Å². The van der Waals surface area contributed by atoms with Crippen molar-refractivity contribution in [1.29, 1.82) is 0 Å². The fourth-order valence-electron chi connectivity index (χ4n) is 0. The molecule has 0 amide bonds. The van der Waals surface area contributed by atoms with Gasteiger partial charge in [-0.3, -0.25) is 0 Å². The van der Waals surface area contributed by atoms with E-state index in [0.29, 0.717) is 0 Å². The maximum Gasteiger partial charge on any atom is 4.00 e. The second-order valence-electron chi connectivity index (χ2n) is 1.36. The van der Waals surface area contributed by atoms with Gasteiger partial charge in [-0.15, -0.1) is 0 Å². The van der Waals surface area contributed by atoms with Crippen molar-refractivity contribution in [2.24, 2.45) is 0 Å². The molecule has 0 aliphatic carbocycles. The number of hydrogen-bond acceptors (Lipinski definition) is 0. The summed E-state index contributed by atoms with van der Waals surface area (Å²) in [6.07, 6.45) is 0. The fraction of sp³-hybridized carbons (Fsp3) is 0. The van der Waals surface area contributed by atoms with E-state index in [-0.39, 0.29) is 112 Å². The molecule has 0 saturated heterocycles. The molecule has 24 N–H and O–H groups in total. The smallest absolute Gasteiger partial charge is 4.00 e. The molecule has 29 heavy (non-hydrogen) atoms. The van der Waals surface area contributed by atoms with E-state index in [4.69, 9.17) is 113 Å². The number of rotatable bonds is 0. The molecule has 12 nitrogen and oxygen atoms in total. The Balaban J connectivity index is -0.00000000436. The molecule has 0 bridgehead atoms. The Morgan fingerprint density at radius 2 is 0.241 bits per heavy atom. The Bertz CT molecular complexity index is 187. The first-order valence-electron chi connectivity index (χ1n) is 1.43. The van der Waals surface area contributed by atoms with E-state index in [1.165, 1.54) is 0 Å². The molecule has 0 fully saturated rings. The van der Waals surface area contributed by atoms with Gasteiger partial charge >= 0.3 is 149 Å². The third-order valence-electron chi connectivity index (χ3n) is 0. The van der Waals surface area contributed by atoms with Gasteiger partial charge < -0.3 is 90.5 Å². The first kappa shape index (κ1) is 126. The summed E-state index contributed by atoms with van der Waals surface area (Å²) in [5.74, 6) is 0. The molecule has 29 heteroatoms. The molecule has 0 aliphatic rings. The summed E-state index contributed by atoms with van der Waals surface area (Å²) in [5.41, 5.74) is 0. The predicted molar refractivity (Wildman–Crippen MR) is 114 cm³/mol. The molecule has 0 unspecified atom stereocenters. The molecular weight excluding hydrogens is 1270 g/mol. The molecule has 224 valence electrons. The molecule has 0 aliphatic heterocycles.